The smallest absolute Gasteiger partial charge is 0.265 e. The third-order valence-corrected chi connectivity index (χ3v) is 7.51. The Kier molecular flexibility index (Phi) is 6.11. The molecule has 30 heavy (non-hydrogen) atoms. The summed E-state index contributed by atoms with van der Waals surface area (Å²) in [4.78, 5) is 4.61. The van der Waals surface area contributed by atoms with Crippen LogP contribution in [0.5, 0.6) is 5.88 Å². The molecule has 156 valence electrons. The molecule has 1 aliphatic heterocycles. The number of aromatic nitrogens is 1. The molecule has 2 heterocycles. The summed E-state index contributed by atoms with van der Waals surface area (Å²) >= 11 is 18.4. The predicted octanol–water partition coefficient (Wildman–Crippen LogP) is 5.76. The summed E-state index contributed by atoms with van der Waals surface area (Å²) < 4.78 is 33.6. The number of pyridine rings is 1. The number of rotatable bonds is 5. The van der Waals surface area contributed by atoms with Crippen molar-refractivity contribution >= 4 is 50.6 Å². The Morgan fingerprint density at radius 2 is 1.73 bits per heavy atom. The molecule has 9 heteroatoms. The summed E-state index contributed by atoms with van der Waals surface area (Å²) in [5, 5.41) is 1.34. The first-order chi connectivity index (χ1) is 14.4. The van der Waals surface area contributed by atoms with Crippen LogP contribution < -0.4 is 9.04 Å². The fourth-order valence-corrected chi connectivity index (χ4v) is 5.57. The van der Waals surface area contributed by atoms with E-state index in [9.17, 15) is 8.42 Å². The monoisotopic (exact) mass is 482 g/mol. The largest absolute Gasteiger partial charge is 0.473 e. The molecule has 0 unspecified atom stereocenters. The van der Waals surface area contributed by atoms with E-state index in [1.165, 1.54) is 16.4 Å². The van der Waals surface area contributed by atoms with E-state index in [4.69, 9.17) is 39.5 Å². The Labute approximate surface area is 190 Å². The summed E-state index contributed by atoms with van der Waals surface area (Å²) in [6.45, 7) is 0.444. The second kappa shape index (κ2) is 8.63. The Bertz CT molecular complexity index is 1180. The van der Waals surface area contributed by atoms with Crippen molar-refractivity contribution in [3.8, 4) is 5.88 Å². The summed E-state index contributed by atoms with van der Waals surface area (Å²) in [5.41, 5.74) is 1.48. The standard InChI is InChI=1S/C21H17Cl3N2O3S/c22-15-5-1-6-16(12-15)30(27,28)26-11-3-4-14-9-10-20(25-21(14)26)29-13-17-18(23)7-2-8-19(17)24/h1-2,5-10,12H,3-4,11,13H2. The molecule has 0 N–H and O–H groups in total. The lowest BCUT2D eigenvalue weighted by molar-refractivity contribution is 0.294. The Hall–Kier alpha value is -1.99. The number of anilines is 1. The number of halogens is 3. The van der Waals surface area contributed by atoms with Gasteiger partial charge in [0.25, 0.3) is 10.0 Å². The minimum atomic E-state index is -3.81. The minimum Gasteiger partial charge on any atom is -0.473 e. The maximum Gasteiger partial charge on any atom is 0.265 e. The van der Waals surface area contributed by atoms with Gasteiger partial charge in [0.2, 0.25) is 5.88 Å². The number of sulfonamides is 1. The molecule has 0 fully saturated rings. The van der Waals surface area contributed by atoms with Gasteiger partial charge in [-0.1, -0.05) is 46.9 Å². The molecule has 0 saturated carbocycles. The molecule has 1 aromatic heterocycles. The third-order valence-electron chi connectivity index (χ3n) is 4.78. The highest BCUT2D eigenvalue weighted by Gasteiger charge is 2.31. The molecule has 2 aromatic carbocycles. The zero-order valence-corrected chi connectivity index (χ0v) is 18.8. The van der Waals surface area contributed by atoms with Crippen molar-refractivity contribution in [2.24, 2.45) is 0 Å². The van der Waals surface area contributed by atoms with Crippen LogP contribution in [0.25, 0.3) is 0 Å². The summed E-state index contributed by atoms with van der Waals surface area (Å²) in [7, 11) is -3.81. The third kappa shape index (κ3) is 4.23. The number of benzene rings is 2. The van der Waals surface area contributed by atoms with E-state index < -0.39 is 10.0 Å². The van der Waals surface area contributed by atoms with Gasteiger partial charge in [0, 0.05) is 33.2 Å². The van der Waals surface area contributed by atoms with Gasteiger partial charge in [-0.05, 0) is 54.8 Å². The van der Waals surface area contributed by atoms with Gasteiger partial charge in [0.1, 0.15) is 12.4 Å². The highest BCUT2D eigenvalue weighted by atomic mass is 35.5. The van der Waals surface area contributed by atoms with Gasteiger partial charge in [-0.2, -0.15) is 4.98 Å². The molecule has 0 spiro atoms. The van der Waals surface area contributed by atoms with Crippen LogP contribution in [0.15, 0.2) is 59.5 Å². The molecule has 4 rings (SSSR count). The van der Waals surface area contributed by atoms with Crippen molar-refractivity contribution < 1.29 is 13.2 Å². The van der Waals surface area contributed by atoms with Crippen molar-refractivity contribution in [3.63, 3.8) is 0 Å². The van der Waals surface area contributed by atoms with Crippen LogP contribution in [0.4, 0.5) is 5.82 Å². The van der Waals surface area contributed by atoms with Crippen molar-refractivity contribution in [2.45, 2.75) is 24.3 Å². The first-order valence-corrected chi connectivity index (χ1v) is 11.8. The van der Waals surface area contributed by atoms with Crippen molar-refractivity contribution in [2.75, 3.05) is 10.8 Å². The highest BCUT2D eigenvalue weighted by molar-refractivity contribution is 7.92. The van der Waals surface area contributed by atoms with Crippen LogP contribution in [-0.4, -0.2) is 19.9 Å². The van der Waals surface area contributed by atoms with Gasteiger partial charge in [-0.15, -0.1) is 0 Å². The first-order valence-electron chi connectivity index (χ1n) is 9.20. The summed E-state index contributed by atoms with van der Waals surface area (Å²) in [5.74, 6) is 0.655. The maximum atomic E-state index is 13.2. The molecule has 0 radical (unpaired) electrons. The fraction of sp³-hybridized carbons (Fsp3) is 0.190. The lowest BCUT2D eigenvalue weighted by Crippen LogP contribution is -2.36. The van der Waals surface area contributed by atoms with Crippen LogP contribution in [0.1, 0.15) is 17.5 Å². The normalized spacial score (nSPS) is 13.8. The van der Waals surface area contributed by atoms with Gasteiger partial charge in [-0.3, -0.25) is 0 Å². The average molecular weight is 484 g/mol. The fourth-order valence-electron chi connectivity index (χ4n) is 3.28. The van der Waals surface area contributed by atoms with Crippen molar-refractivity contribution in [1.29, 1.82) is 0 Å². The average Bonchev–Trinajstić information content (AvgIpc) is 2.73. The van der Waals surface area contributed by atoms with Gasteiger partial charge in [0.05, 0.1) is 4.90 Å². The van der Waals surface area contributed by atoms with Crippen LogP contribution in [-0.2, 0) is 23.1 Å². The molecular weight excluding hydrogens is 467 g/mol. The highest BCUT2D eigenvalue weighted by Crippen LogP contribution is 2.33. The maximum absolute atomic E-state index is 13.2. The number of nitrogens with zero attached hydrogens (tertiary/aromatic N) is 2. The van der Waals surface area contributed by atoms with Crippen LogP contribution in [0.3, 0.4) is 0 Å². The topological polar surface area (TPSA) is 59.5 Å². The first kappa shape index (κ1) is 21.2. The van der Waals surface area contributed by atoms with E-state index >= 15 is 0 Å². The van der Waals surface area contributed by atoms with Crippen molar-refractivity contribution in [3.05, 3.63) is 80.8 Å². The van der Waals surface area contributed by atoms with E-state index in [0.29, 0.717) is 39.4 Å². The van der Waals surface area contributed by atoms with Gasteiger partial charge in [-0.25, -0.2) is 12.7 Å². The molecular formula is C21H17Cl3N2O3S. The SMILES string of the molecule is O=S(=O)(c1cccc(Cl)c1)N1CCCc2ccc(OCc3c(Cl)cccc3Cl)nc21. The van der Waals surface area contributed by atoms with E-state index in [-0.39, 0.29) is 17.4 Å². The molecule has 3 aromatic rings. The zero-order valence-electron chi connectivity index (χ0n) is 15.7. The van der Waals surface area contributed by atoms with E-state index in [2.05, 4.69) is 4.98 Å². The Balaban J connectivity index is 1.65. The zero-order chi connectivity index (χ0) is 21.3. The van der Waals surface area contributed by atoms with E-state index in [1.54, 1.807) is 36.4 Å². The van der Waals surface area contributed by atoms with Crippen LogP contribution in [0, 0.1) is 0 Å². The molecule has 0 saturated heterocycles. The summed E-state index contributed by atoms with van der Waals surface area (Å²) in [6, 6.07) is 15.0. The lowest BCUT2D eigenvalue weighted by atomic mass is 10.1. The van der Waals surface area contributed by atoms with E-state index in [1.807, 2.05) is 6.07 Å². The molecule has 0 aliphatic carbocycles. The number of hydrogen-bond donors (Lipinski definition) is 0. The molecule has 0 bridgehead atoms. The number of aryl methyl sites for hydroxylation is 1. The Morgan fingerprint density at radius 1 is 1.00 bits per heavy atom. The van der Waals surface area contributed by atoms with Gasteiger partial charge < -0.3 is 4.74 Å². The quantitative estimate of drug-likeness (QED) is 0.463. The molecule has 0 amide bonds. The summed E-state index contributed by atoms with van der Waals surface area (Å²) in [6.07, 6.45) is 1.43. The van der Waals surface area contributed by atoms with Crippen molar-refractivity contribution in [1.82, 2.24) is 4.98 Å². The second-order valence-electron chi connectivity index (χ2n) is 6.76. The number of fused-ring (bicyclic) bond motifs is 1. The molecule has 1 aliphatic rings. The van der Waals surface area contributed by atoms with Crippen LogP contribution in [0.2, 0.25) is 15.1 Å². The molecule has 0 atom stereocenters. The minimum absolute atomic E-state index is 0.116. The van der Waals surface area contributed by atoms with Crippen LogP contribution >= 0.6 is 34.8 Å². The molecule has 5 nitrogen and oxygen atoms in total. The number of ether oxygens (including phenoxy) is 1. The predicted molar refractivity (Wildman–Crippen MR) is 119 cm³/mol. The number of hydrogen-bond acceptors (Lipinski definition) is 4. The second-order valence-corrected chi connectivity index (χ2v) is 9.87. The van der Waals surface area contributed by atoms with Gasteiger partial charge >= 0.3 is 0 Å². The van der Waals surface area contributed by atoms with Gasteiger partial charge in [0.15, 0.2) is 0 Å². The Morgan fingerprint density at radius 3 is 2.47 bits per heavy atom. The lowest BCUT2D eigenvalue weighted by Gasteiger charge is -2.29. The van der Waals surface area contributed by atoms with E-state index in [0.717, 1.165) is 12.0 Å².